The van der Waals surface area contributed by atoms with Crippen LogP contribution in [0.1, 0.15) is 6.42 Å². The second-order valence-electron chi connectivity index (χ2n) is 2.32. The summed E-state index contributed by atoms with van der Waals surface area (Å²) in [5, 5.41) is 8.36. The summed E-state index contributed by atoms with van der Waals surface area (Å²) in [5.41, 5.74) is 5.39. The van der Waals surface area contributed by atoms with Gasteiger partial charge in [0, 0.05) is 18.9 Å². The number of hydrogen-bond acceptors (Lipinski definition) is 3. The van der Waals surface area contributed by atoms with Gasteiger partial charge >= 0.3 is 0 Å². The Balaban J connectivity index is 2.30. The first-order chi connectivity index (χ1) is 5.33. The average molecular weight is 150 g/mol. The molecule has 0 radical (unpaired) electrons. The Morgan fingerprint density at radius 2 is 2.55 bits per heavy atom. The molecule has 1 atom stereocenters. The van der Waals surface area contributed by atoms with Crippen LogP contribution in [0.5, 0.6) is 0 Å². The number of nitrogens with zero attached hydrogens (tertiary/aromatic N) is 3. The largest absolute Gasteiger partial charge is 0.337 e. The van der Waals surface area contributed by atoms with E-state index >= 15 is 0 Å². The number of imidazole rings is 1. The van der Waals surface area contributed by atoms with E-state index in [0.29, 0.717) is 6.42 Å². The van der Waals surface area contributed by atoms with Crippen LogP contribution in [-0.2, 0) is 6.54 Å². The molecule has 1 aromatic rings. The summed E-state index contributed by atoms with van der Waals surface area (Å²) in [6, 6.07) is 1.61. The molecular weight excluding hydrogens is 140 g/mol. The van der Waals surface area contributed by atoms with Gasteiger partial charge in [0.25, 0.3) is 0 Å². The van der Waals surface area contributed by atoms with Crippen molar-refractivity contribution < 1.29 is 0 Å². The lowest BCUT2D eigenvalue weighted by Gasteiger charge is -2.02. The molecule has 0 saturated carbocycles. The van der Waals surface area contributed by atoms with E-state index in [4.69, 9.17) is 11.0 Å². The fourth-order valence-electron chi connectivity index (χ4n) is 0.772. The lowest BCUT2D eigenvalue weighted by molar-refractivity contribution is 0.605. The SMILES string of the molecule is N#CC(N)CCn1ccnc1. The van der Waals surface area contributed by atoms with Crippen LogP contribution in [0.4, 0.5) is 0 Å². The number of aryl methyl sites for hydroxylation is 1. The van der Waals surface area contributed by atoms with Crippen molar-refractivity contribution in [2.45, 2.75) is 19.0 Å². The molecule has 11 heavy (non-hydrogen) atoms. The highest BCUT2D eigenvalue weighted by Gasteiger charge is 1.98. The zero-order chi connectivity index (χ0) is 8.10. The molecule has 0 spiro atoms. The molecule has 1 heterocycles. The highest BCUT2D eigenvalue weighted by Crippen LogP contribution is 1.92. The first-order valence-electron chi connectivity index (χ1n) is 3.44. The molecule has 1 aromatic heterocycles. The minimum atomic E-state index is -0.364. The first kappa shape index (κ1) is 7.76. The van der Waals surface area contributed by atoms with Crippen molar-refractivity contribution in [3.8, 4) is 6.07 Å². The molecule has 58 valence electrons. The Hall–Kier alpha value is -1.34. The molecule has 0 saturated heterocycles. The summed E-state index contributed by atoms with van der Waals surface area (Å²) in [6.07, 6.45) is 5.94. The third-order valence-electron chi connectivity index (χ3n) is 1.42. The number of rotatable bonds is 3. The van der Waals surface area contributed by atoms with Gasteiger partial charge in [-0.15, -0.1) is 0 Å². The second kappa shape index (κ2) is 3.74. The van der Waals surface area contributed by atoms with Crippen LogP contribution in [0, 0.1) is 11.3 Å². The van der Waals surface area contributed by atoms with Crippen LogP contribution in [0.3, 0.4) is 0 Å². The van der Waals surface area contributed by atoms with Gasteiger partial charge in [0.15, 0.2) is 0 Å². The highest BCUT2D eigenvalue weighted by molar-refractivity contribution is 4.86. The molecule has 4 heteroatoms. The maximum atomic E-state index is 8.36. The monoisotopic (exact) mass is 150 g/mol. The molecule has 0 aliphatic heterocycles. The van der Waals surface area contributed by atoms with Crippen LogP contribution in [0.25, 0.3) is 0 Å². The third kappa shape index (κ3) is 2.40. The molecule has 0 bridgehead atoms. The lowest BCUT2D eigenvalue weighted by atomic mass is 10.2. The summed E-state index contributed by atoms with van der Waals surface area (Å²) in [4.78, 5) is 3.87. The van der Waals surface area contributed by atoms with Crippen molar-refractivity contribution in [2.24, 2.45) is 5.73 Å². The molecular formula is C7H10N4. The summed E-state index contributed by atoms with van der Waals surface area (Å²) in [7, 11) is 0. The van der Waals surface area contributed by atoms with Crippen molar-refractivity contribution in [1.82, 2.24) is 9.55 Å². The Morgan fingerprint density at radius 1 is 1.73 bits per heavy atom. The molecule has 0 aliphatic carbocycles. The molecule has 0 amide bonds. The Kier molecular flexibility index (Phi) is 2.64. The average Bonchev–Trinajstić information content (AvgIpc) is 2.52. The number of hydrogen-bond donors (Lipinski definition) is 1. The van der Waals surface area contributed by atoms with Crippen LogP contribution in [0.2, 0.25) is 0 Å². The molecule has 0 aliphatic rings. The van der Waals surface area contributed by atoms with Crippen molar-refractivity contribution in [3.05, 3.63) is 18.7 Å². The predicted octanol–water partition coefficient (Wildman–Crippen LogP) is 0.124. The predicted molar refractivity (Wildman–Crippen MR) is 40.4 cm³/mol. The van der Waals surface area contributed by atoms with Gasteiger partial charge in [-0.1, -0.05) is 0 Å². The first-order valence-corrected chi connectivity index (χ1v) is 3.44. The van der Waals surface area contributed by atoms with Gasteiger partial charge in [-0.05, 0) is 6.42 Å². The number of nitrogens with two attached hydrogens (primary N) is 1. The van der Waals surface area contributed by atoms with Gasteiger partial charge in [-0.2, -0.15) is 5.26 Å². The van der Waals surface area contributed by atoms with E-state index in [1.165, 1.54) is 0 Å². The smallest absolute Gasteiger partial charge is 0.0945 e. The van der Waals surface area contributed by atoms with Gasteiger partial charge in [-0.25, -0.2) is 4.98 Å². The van der Waals surface area contributed by atoms with Gasteiger partial charge in [0.2, 0.25) is 0 Å². The van der Waals surface area contributed by atoms with E-state index in [2.05, 4.69) is 4.98 Å². The molecule has 0 fully saturated rings. The van der Waals surface area contributed by atoms with Crippen LogP contribution >= 0.6 is 0 Å². The molecule has 4 nitrogen and oxygen atoms in total. The van der Waals surface area contributed by atoms with E-state index in [1.54, 1.807) is 12.5 Å². The van der Waals surface area contributed by atoms with E-state index in [0.717, 1.165) is 6.54 Å². The van der Waals surface area contributed by atoms with Gasteiger partial charge < -0.3 is 10.3 Å². The maximum Gasteiger partial charge on any atom is 0.0945 e. The zero-order valence-corrected chi connectivity index (χ0v) is 6.14. The van der Waals surface area contributed by atoms with Crippen LogP contribution < -0.4 is 5.73 Å². The summed E-state index contributed by atoms with van der Waals surface area (Å²) in [5.74, 6) is 0. The van der Waals surface area contributed by atoms with Crippen LogP contribution in [-0.4, -0.2) is 15.6 Å². The van der Waals surface area contributed by atoms with Gasteiger partial charge in [0.1, 0.15) is 0 Å². The Labute approximate surface area is 65.3 Å². The Morgan fingerprint density at radius 3 is 3.09 bits per heavy atom. The number of aromatic nitrogens is 2. The summed E-state index contributed by atoms with van der Waals surface area (Å²) in [6.45, 7) is 0.759. The van der Waals surface area contributed by atoms with Crippen molar-refractivity contribution in [3.63, 3.8) is 0 Å². The Bertz CT molecular complexity index is 233. The van der Waals surface area contributed by atoms with Gasteiger partial charge in [-0.3, -0.25) is 0 Å². The van der Waals surface area contributed by atoms with E-state index < -0.39 is 0 Å². The minimum absolute atomic E-state index is 0.364. The standard InChI is InChI=1S/C7H10N4/c8-5-7(9)1-3-11-4-2-10-6-11/h2,4,6-7H,1,3,9H2. The summed E-state index contributed by atoms with van der Waals surface area (Å²) < 4.78 is 1.90. The van der Waals surface area contributed by atoms with Crippen molar-refractivity contribution >= 4 is 0 Å². The highest BCUT2D eigenvalue weighted by atomic mass is 15.0. The van der Waals surface area contributed by atoms with Crippen LogP contribution in [0.15, 0.2) is 18.7 Å². The fourth-order valence-corrected chi connectivity index (χ4v) is 0.772. The normalized spacial score (nSPS) is 12.4. The van der Waals surface area contributed by atoms with E-state index in [1.807, 2.05) is 16.8 Å². The minimum Gasteiger partial charge on any atom is -0.337 e. The molecule has 1 rings (SSSR count). The quantitative estimate of drug-likeness (QED) is 0.665. The molecule has 1 unspecified atom stereocenters. The van der Waals surface area contributed by atoms with E-state index in [9.17, 15) is 0 Å². The summed E-state index contributed by atoms with van der Waals surface area (Å²) >= 11 is 0. The van der Waals surface area contributed by atoms with Crippen molar-refractivity contribution in [2.75, 3.05) is 0 Å². The topological polar surface area (TPSA) is 67.6 Å². The van der Waals surface area contributed by atoms with E-state index in [-0.39, 0.29) is 6.04 Å². The third-order valence-corrected chi connectivity index (χ3v) is 1.42. The van der Waals surface area contributed by atoms with Crippen molar-refractivity contribution in [1.29, 1.82) is 5.26 Å². The zero-order valence-electron chi connectivity index (χ0n) is 6.14. The maximum absolute atomic E-state index is 8.36. The molecule has 2 N–H and O–H groups in total. The molecule has 0 aromatic carbocycles. The number of nitriles is 1. The lowest BCUT2D eigenvalue weighted by Crippen LogP contribution is -2.19. The fraction of sp³-hybridized carbons (Fsp3) is 0.429. The van der Waals surface area contributed by atoms with Gasteiger partial charge in [0.05, 0.1) is 18.4 Å². The second-order valence-corrected chi connectivity index (χ2v) is 2.32.